The predicted molar refractivity (Wildman–Crippen MR) is 86.7 cm³/mol. The Bertz CT molecular complexity index is 496. The lowest BCUT2D eigenvalue weighted by Crippen LogP contribution is -2.48. The largest absolute Gasteiger partial charge is 0.486 e. The summed E-state index contributed by atoms with van der Waals surface area (Å²) in [5.74, 6) is 1.01. The Morgan fingerprint density at radius 1 is 1.18 bits per heavy atom. The van der Waals surface area contributed by atoms with Gasteiger partial charge in [0.05, 0.1) is 5.69 Å². The maximum Gasteiger partial charge on any atom is 0.258 e. The summed E-state index contributed by atoms with van der Waals surface area (Å²) in [5, 5.41) is 0.255. The van der Waals surface area contributed by atoms with Crippen LogP contribution < -0.4 is 15.2 Å². The van der Waals surface area contributed by atoms with Gasteiger partial charge in [0.15, 0.2) is 10.9 Å². The molecular formula is C15H23ClN4O2. The first-order valence-corrected chi connectivity index (χ1v) is 8.04. The van der Waals surface area contributed by atoms with Crippen LogP contribution in [0.3, 0.4) is 0 Å². The number of nitrogens with two attached hydrogens (primary N) is 1. The molecule has 2 atom stereocenters. The second kappa shape index (κ2) is 6.48. The molecule has 2 fully saturated rings. The van der Waals surface area contributed by atoms with E-state index < -0.39 is 0 Å². The first-order chi connectivity index (χ1) is 10.5. The monoisotopic (exact) mass is 326 g/mol. The minimum absolute atomic E-state index is 0.255. The van der Waals surface area contributed by atoms with Gasteiger partial charge in [0, 0.05) is 18.2 Å². The van der Waals surface area contributed by atoms with Crippen molar-refractivity contribution in [1.29, 1.82) is 0 Å². The average molecular weight is 327 g/mol. The standard InChI is InChI=1S/C15H23ClN4O2/c1-19-5-3-10(19)8-21-13-7-12(17)14(16)18-15(13)22-9-11-4-6-20(11)2/h7,10-11H,3-6,8-9,17H2,1-2H3/t10-,11-/m1/s1. The molecule has 0 amide bonds. The lowest BCUT2D eigenvalue weighted by atomic mass is 10.1. The number of ether oxygens (including phenoxy) is 2. The molecule has 0 unspecified atom stereocenters. The van der Waals surface area contributed by atoms with Crippen LogP contribution in [0.2, 0.25) is 5.15 Å². The zero-order valence-corrected chi connectivity index (χ0v) is 13.8. The third kappa shape index (κ3) is 3.24. The number of likely N-dealkylation sites (tertiary alicyclic amines) is 2. The maximum absolute atomic E-state index is 6.01. The van der Waals surface area contributed by atoms with Crippen molar-refractivity contribution in [3.05, 3.63) is 11.2 Å². The van der Waals surface area contributed by atoms with Crippen molar-refractivity contribution in [2.45, 2.75) is 24.9 Å². The van der Waals surface area contributed by atoms with E-state index in [1.807, 2.05) is 0 Å². The van der Waals surface area contributed by atoms with Crippen molar-refractivity contribution in [3.8, 4) is 11.6 Å². The summed E-state index contributed by atoms with van der Waals surface area (Å²) in [6.45, 7) is 3.43. The molecule has 6 nitrogen and oxygen atoms in total. The molecule has 1 aromatic rings. The molecule has 0 radical (unpaired) electrons. The predicted octanol–water partition coefficient (Wildman–Crippen LogP) is 1.48. The molecule has 1 aromatic heterocycles. The molecule has 0 spiro atoms. The van der Waals surface area contributed by atoms with Crippen molar-refractivity contribution >= 4 is 17.3 Å². The van der Waals surface area contributed by atoms with Crippen molar-refractivity contribution in [2.75, 3.05) is 46.1 Å². The Balaban J connectivity index is 1.64. The summed E-state index contributed by atoms with van der Waals surface area (Å²) < 4.78 is 11.7. The van der Waals surface area contributed by atoms with E-state index in [0.29, 0.717) is 42.6 Å². The third-order valence-electron chi connectivity index (χ3n) is 4.66. The van der Waals surface area contributed by atoms with Crippen LogP contribution in [0.1, 0.15) is 12.8 Å². The Kier molecular flexibility index (Phi) is 4.61. The van der Waals surface area contributed by atoms with Crippen LogP contribution in [0.4, 0.5) is 5.69 Å². The molecule has 0 bridgehead atoms. The number of hydrogen-bond donors (Lipinski definition) is 1. The van der Waals surface area contributed by atoms with Gasteiger partial charge in [-0.05, 0) is 40.0 Å². The van der Waals surface area contributed by atoms with Crippen LogP contribution >= 0.6 is 11.6 Å². The van der Waals surface area contributed by atoms with Crippen molar-refractivity contribution in [1.82, 2.24) is 14.8 Å². The summed E-state index contributed by atoms with van der Waals surface area (Å²) in [6, 6.07) is 2.58. The average Bonchev–Trinajstić information content (AvgIpc) is 2.48. The van der Waals surface area contributed by atoms with E-state index in [1.54, 1.807) is 6.07 Å². The molecule has 2 aliphatic heterocycles. The molecule has 2 aliphatic rings. The lowest BCUT2D eigenvalue weighted by Gasteiger charge is -2.38. The molecular weight excluding hydrogens is 304 g/mol. The Morgan fingerprint density at radius 2 is 1.77 bits per heavy atom. The number of hydrogen-bond acceptors (Lipinski definition) is 6. The van der Waals surface area contributed by atoms with Crippen LogP contribution in [0.5, 0.6) is 11.6 Å². The van der Waals surface area contributed by atoms with Gasteiger partial charge in [0.2, 0.25) is 0 Å². The highest BCUT2D eigenvalue weighted by Gasteiger charge is 2.27. The number of rotatable bonds is 6. The molecule has 0 aromatic carbocycles. The summed E-state index contributed by atoms with van der Waals surface area (Å²) in [7, 11) is 4.18. The fraction of sp³-hybridized carbons (Fsp3) is 0.667. The zero-order chi connectivity index (χ0) is 15.7. The molecule has 3 rings (SSSR count). The van der Waals surface area contributed by atoms with Gasteiger partial charge in [-0.1, -0.05) is 11.6 Å². The molecule has 0 aliphatic carbocycles. The highest BCUT2D eigenvalue weighted by Crippen LogP contribution is 2.32. The van der Waals surface area contributed by atoms with Gasteiger partial charge in [-0.25, -0.2) is 0 Å². The molecule has 2 N–H and O–H groups in total. The quantitative estimate of drug-likeness (QED) is 0.799. The van der Waals surface area contributed by atoms with Crippen molar-refractivity contribution in [3.63, 3.8) is 0 Å². The van der Waals surface area contributed by atoms with Gasteiger partial charge in [-0.15, -0.1) is 0 Å². The first kappa shape index (κ1) is 15.6. The topological polar surface area (TPSA) is 63.9 Å². The number of aromatic nitrogens is 1. The van der Waals surface area contributed by atoms with E-state index in [-0.39, 0.29) is 5.15 Å². The van der Waals surface area contributed by atoms with Gasteiger partial charge in [0.25, 0.3) is 5.88 Å². The number of anilines is 1. The fourth-order valence-electron chi connectivity index (χ4n) is 2.60. The van der Waals surface area contributed by atoms with E-state index in [0.717, 1.165) is 25.9 Å². The highest BCUT2D eigenvalue weighted by atomic mass is 35.5. The van der Waals surface area contributed by atoms with E-state index in [9.17, 15) is 0 Å². The van der Waals surface area contributed by atoms with Crippen LogP contribution in [-0.2, 0) is 0 Å². The van der Waals surface area contributed by atoms with Gasteiger partial charge in [-0.2, -0.15) is 4.98 Å². The summed E-state index contributed by atoms with van der Waals surface area (Å²) >= 11 is 6.01. The zero-order valence-electron chi connectivity index (χ0n) is 13.1. The van der Waals surface area contributed by atoms with Crippen LogP contribution in [0.15, 0.2) is 6.07 Å². The number of halogens is 1. The van der Waals surface area contributed by atoms with E-state index in [1.165, 1.54) is 0 Å². The number of pyridine rings is 1. The van der Waals surface area contributed by atoms with Crippen molar-refractivity contribution in [2.24, 2.45) is 0 Å². The SMILES string of the molecule is CN1CC[C@@H]1COc1cc(N)c(Cl)nc1OC[C@H]1CCN1C. The summed E-state index contributed by atoms with van der Waals surface area (Å²) in [6.07, 6.45) is 2.29. The number of nitrogen functional groups attached to an aromatic ring is 1. The Hall–Kier alpha value is -1.24. The lowest BCUT2D eigenvalue weighted by molar-refractivity contribution is 0.0647. The minimum atomic E-state index is 0.255. The van der Waals surface area contributed by atoms with Gasteiger partial charge < -0.3 is 15.2 Å². The van der Waals surface area contributed by atoms with E-state index in [4.69, 9.17) is 26.8 Å². The molecule has 2 saturated heterocycles. The first-order valence-electron chi connectivity index (χ1n) is 7.66. The summed E-state index contributed by atoms with van der Waals surface area (Å²) in [5.41, 5.74) is 6.25. The third-order valence-corrected chi connectivity index (χ3v) is 4.96. The molecule has 22 heavy (non-hydrogen) atoms. The Labute approximate surface area is 136 Å². The van der Waals surface area contributed by atoms with Crippen molar-refractivity contribution < 1.29 is 9.47 Å². The number of likely N-dealkylation sites (N-methyl/N-ethyl adjacent to an activating group) is 2. The molecule has 0 saturated carbocycles. The second-order valence-electron chi connectivity index (χ2n) is 6.14. The van der Waals surface area contributed by atoms with E-state index >= 15 is 0 Å². The summed E-state index contributed by atoms with van der Waals surface area (Å²) in [4.78, 5) is 8.74. The van der Waals surface area contributed by atoms with Crippen LogP contribution in [-0.4, -0.2) is 67.3 Å². The highest BCUT2D eigenvalue weighted by molar-refractivity contribution is 6.31. The second-order valence-corrected chi connectivity index (χ2v) is 6.50. The maximum atomic E-state index is 6.01. The molecule has 7 heteroatoms. The normalized spacial score (nSPS) is 25.4. The van der Waals surface area contributed by atoms with Gasteiger partial charge >= 0.3 is 0 Å². The minimum Gasteiger partial charge on any atom is -0.486 e. The Morgan fingerprint density at radius 3 is 2.27 bits per heavy atom. The van der Waals surface area contributed by atoms with Gasteiger partial charge in [-0.3, -0.25) is 9.80 Å². The molecule has 3 heterocycles. The van der Waals surface area contributed by atoms with Crippen LogP contribution in [0.25, 0.3) is 0 Å². The fourth-order valence-corrected chi connectivity index (χ4v) is 2.73. The molecule has 122 valence electrons. The van der Waals surface area contributed by atoms with Gasteiger partial charge in [0.1, 0.15) is 13.2 Å². The van der Waals surface area contributed by atoms with E-state index in [2.05, 4.69) is 28.9 Å². The van der Waals surface area contributed by atoms with Crippen LogP contribution in [0, 0.1) is 0 Å². The smallest absolute Gasteiger partial charge is 0.258 e. The number of nitrogens with zero attached hydrogens (tertiary/aromatic N) is 3.